The minimum atomic E-state index is -0.101. The van der Waals surface area contributed by atoms with Crippen molar-refractivity contribution in [2.75, 3.05) is 13.2 Å². The van der Waals surface area contributed by atoms with Crippen LogP contribution in [0.4, 0.5) is 0 Å². The Labute approximate surface area is 127 Å². The zero-order valence-electron chi connectivity index (χ0n) is 12.8. The molecule has 2 rings (SSSR count). The van der Waals surface area contributed by atoms with Gasteiger partial charge in [0.1, 0.15) is 0 Å². The van der Waals surface area contributed by atoms with Gasteiger partial charge >= 0.3 is 0 Å². The molecule has 2 atom stereocenters. The monoisotopic (exact) mass is 285 g/mol. The molecule has 0 aliphatic carbocycles. The van der Waals surface area contributed by atoms with Crippen molar-refractivity contribution in [3.8, 4) is 11.8 Å². The van der Waals surface area contributed by atoms with E-state index in [1.807, 2.05) is 30.0 Å². The number of hydrogen-bond donors (Lipinski definition) is 0. The van der Waals surface area contributed by atoms with Crippen LogP contribution in [0.15, 0.2) is 30.3 Å². The fourth-order valence-corrected chi connectivity index (χ4v) is 2.91. The number of likely N-dealkylation sites (N-methyl/N-ethyl adjacent to an activating group) is 1. The summed E-state index contributed by atoms with van der Waals surface area (Å²) in [4.78, 5) is 14.1. The molecule has 0 spiro atoms. The molecule has 1 saturated heterocycles. The molecule has 1 amide bonds. The van der Waals surface area contributed by atoms with Crippen LogP contribution in [0.5, 0.6) is 0 Å². The van der Waals surface area contributed by atoms with Crippen LogP contribution in [0.1, 0.15) is 32.3 Å². The number of ether oxygens (including phenoxy) is 1. The van der Waals surface area contributed by atoms with Gasteiger partial charge in [-0.3, -0.25) is 4.79 Å². The van der Waals surface area contributed by atoms with Gasteiger partial charge in [0, 0.05) is 13.2 Å². The van der Waals surface area contributed by atoms with Crippen molar-refractivity contribution in [1.29, 1.82) is 0 Å². The molecule has 2 unspecified atom stereocenters. The molecule has 0 aromatic heterocycles. The molecule has 21 heavy (non-hydrogen) atoms. The first-order chi connectivity index (χ1) is 10.3. The summed E-state index contributed by atoms with van der Waals surface area (Å²) in [6, 6.07) is 10.3. The van der Waals surface area contributed by atoms with Crippen molar-refractivity contribution in [2.45, 2.75) is 45.3 Å². The molecule has 0 saturated carbocycles. The Morgan fingerprint density at radius 1 is 1.43 bits per heavy atom. The van der Waals surface area contributed by atoms with Crippen molar-refractivity contribution in [2.24, 2.45) is 0 Å². The van der Waals surface area contributed by atoms with Crippen LogP contribution in [-0.2, 0) is 16.0 Å². The fourth-order valence-electron chi connectivity index (χ4n) is 2.91. The highest BCUT2D eigenvalue weighted by atomic mass is 16.5. The third-order valence-electron chi connectivity index (χ3n) is 3.92. The minimum absolute atomic E-state index is 0.0632. The van der Waals surface area contributed by atoms with Gasteiger partial charge in [0.25, 0.3) is 5.91 Å². The quantitative estimate of drug-likeness (QED) is 0.778. The maximum Gasteiger partial charge on any atom is 0.298 e. The minimum Gasteiger partial charge on any atom is -0.376 e. The maximum absolute atomic E-state index is 12.3. The van der Waals surface area contributed by atoms with E-state index in [9.17, 15) is 4.79 Å². The summed E-state index contributed by atoms with van der Waals surface area (Å²) in [5.74, 6) is 5.28. The molecular weight excluding hydrogens is 262 g/mol. The summed E-state index contributed by atoms with van der Waals surface area (Å²) in [5, 5.41) is 0. The smallest absolute Gasteiger partial charge is 0.298 e. The highest BCUT2D eigenvalue weighted by molar-refractivity contribution is 5.93. The SMILES string of the molecule is CC#CC(=O)N(CC)C(Cc1ccccc1)C1CCCO1. The summed E-state index contributed by atoms with van der Waals surface area (Å²) >= 11 is 0. The van der Waals surface area contributed by atoms with Gasteiger partial charge in [0.2, 0.25) is 0 Å². The van der Waals surface area contributed by atoms with E-state index in [1.54, 1.807) is 6.92 Å². The van der Waals surface area contributed by atoms with Crippen molar-refractivity contribution < 1.29 is 9.53 Å². The first kappa shape index (κ1) is 15.6. The summed E-state index contributed by atoms with van der Waals surface area (Å²) in [6.07, 6.45) is 3.02. The van der Waals surface area contributed by atoms with Crippen molar-refractivity contribution in [1.82, 2.24) is 4.90 Å². The van der Waals surface area contributed by atoms with Crippen LogP contribution in [0, 0.1) is 11.8 Å². The molecule has 0 bridgehead atoms. The lowest BCUT2D eigenvalue weighted by Crippen LogP contribution is -2.47. The molecule has 112 valence electrons. The van der Waals surface area contributed by atoms with E-state index in [0.717, 1.165) is 25.9 Å². The van der Waals surface area contributed by atoms with Gasteiger partial charge in [-0.1, -0.05) is 36.3 Å². The molecule has 0 N–H and O–H groups in total. The Balaban J connectivity index is 2.21. The van der Waals surface area contributed by atoms with Crippen LogP contribution in [0.2, 0.25) is 0 Å². The Kier molecular flexibility index (Phi) is 5.83. The van der Waals surface area contributed by atoms with Gasteiger partial charge in [-0.15, -0.1) is 0 Å². The van der Waals surface area contributed by atoms with Crippen LogP contribution in [0.25, 0.3) is 0 Å². The van der Waals surface area contributed by atoms with Crippen molar-refractivity contribution >= 4 is 5.91 Å². The van der Waals surface area contributed by atoms with Gasteiger partial charge in [0.05, 0.1) is 12.1 Å². The third-order valence-corrected chi connectivity index (χ3v) is 3.92. The lowest BCUT2D eigenvalue weighted by atomic mass is 9.97. The first-order valence-corrected chi connectivity index (χ1v) is 7.65. The zero-order chi connectivity index (χ0) is 15.1. The van der Waals surface area contributed by atoms with Crippen molar-refractivity contribution in [3.63, 3.8) is 0 Å². The van der Waals surface area contributed by atoms with E-state index in [1.165, 1.54) is 5.56 Å². The van der Waals surface area contributed by atoms with Crippen LogP contribution < -0.4 is 0 Å². The van der Waals surface area contributed by atoms with Gasteiger partial charge in [0.15, 0.2) is 0 Å². The molecule has 0 radical (unpaired) electrons. The van der Waals surface area contributed by atoms with Crippen LogP contribution in [0.3, 0.4) is 0 Å². The lowest BCUT2D eigenvalue weighted by Gasteiger charge is -2.33. The number of benzene rings is 1. The lowest BCUT2D eigenvalue weighted by molar-refractivity contribution is -0.129. The number of nitrogens with zero attached hydrogens (tertiary/aromatic N) is 1. The predicted molar refractivity (Wildman–Crippen MR) is 83.7 cm³/mol. The van der Waals surface area contributed by atoms with Gasteiger partial charge in [-0.05, 0) is 44.6 Å². The maximum atomic E-state index is 12.3. The number of carbonyl (C=O) groups excluding carboxylic acids is 1. The Morgan fingerprint density at radius 2 is 2.19 bits per heavy atom. The molecule has 1 aromatic carbocycles. The van der Waals surface area contributed by atoms with E-state index in [2.05, 4.69) is 24.0 Å². The van der Waals surface area contributed by atoms with Crippen molar-refractivity contribution in [3.05, 3.63) is 35.9 Å². The molecule has 3 heteroatoms. The highest BCUT2D eigenvalue weighted by Gasteiger charge is 2.32. The molecular formula is C18H23NO2. The second-order valence-corrected chi connectivity index (χ2v) is 5.27. The van der Waals surface area contributed by atoms with Gasteiger partial charge < -0.3 is 9.64 Å². The molecule has 1 aliphatic rings. The largest absolute Gasteiger partial charge is 0.376 e. The number of rotatable bonds is 5. The molecule has 1 aromatic rings. The highest BCUT2D eigenvalue weighted by Crippen LogP contribution is 2.23. The molecule has 3 nitrogen and oxygen atoms in total. The Morgan fingerprint density at radius 3 is 2.76 bits per heavy atom. The van der Waals surface area contributed by atoms with E-state index < -0.39 is 0 Å². The number of carbonyl (C=O) groups is 1. The molecule has 1 aliphatic heterocycles. The van der Waals surface area contributed by atoms with E-state index in [4.69, 9.17) is 4.74 Å². The average molecular weight is 285 g/mol. The second kappa shape index (κ2) is 7.85. The number of hydrogen-bond acceptors (Lipinski definition) is 2. The second-order valence-electron chi connectivity index (χ2n) is 5.27. The summed E-state index contributed by atoms with van der Waals surface area (Å²) in [5.41, 5.74) is 1.23. The number of amides is 1. The normalized spacial score (nSPS) is 18.7. The third kappa shape index (κ3) is 4.09. The first-order valence-electron chi connectivity index (χ1n) is 7.65. The Bertz CT molecular complexity index is 509. The fraction of sp³-hybridized carbons (Fsp3) is 0.500. The topological polar surface area (TPSA) is 29.5 Å². The summed E-state index contributed by atoms with van der Waals surface area (Å²) < 4.78 is 5.86. The predicted octanol–water partition coefficient (Wildman–Crippen LogP) is 2.65. The Hall–Kier alpha value is -1.79. The molecule has 1 heterocycles. The van der Waals surface area contributed by atoms with E-state index in [0.29, 0.717) is 6.54 Å². The van der Waals surface area contributed by atoms with Crippen LogP contribution in [-0.4, -0.2) is 36.1 Å². The molecule has 1 fully saturated rings. The zero-order valence-corrected chi connectivity index (χ0v) is 12.8. The van der Waals surface area contributed by atoms with E-state index >= 15 is 0 Å². The average Bonchev–Trinajstić information content (AvgIpc) is 3.02. The summed E-state index contributed by atoms with van der Waals surface area (Å²) in [7, 11) is 0. The van der Waals surface area contributed by atoms with Crippen LogP contribution >= 0.6 is 0 Å². The standard InChI is InChI=1S/C18H23NO2/c1-3-9-18(20)19(4-2)16(17-12-8-13-21-17)14-15-10-6-5-7-11-15/h5-7,10-11,16-17H,4,8,12-14H2,1-2H3. The van der Waals surface area contributed by atoms with Gasteiger partial charge in [-0.25, -0.2) is 0 Å². The summed E-state index contributed by atoms with van der Waals surface area (Å²) in [6.45, 7) is 5.15. The van der Waals surface area contributed by atoms with E-state index in [-0.39, 0.29) is 18.1 Å². The van der Waals surface area contributed by atoms with Gasteiger partial charge in [-0.2, -0.15) is 0 Å².